The number of fused-ring (bicyclic) bond motifs is 1. The molecule has 35 heavy (non-hydrogen) atoms. The van der Waals surface area contributed by atoms with Gasteiger partial charge in [0.2, 0.25) is 0 Å². The van der Waals surface area contributed by atoms with Crippen molar-refractivity contribution in [2.75, 3.05) is 20.8 Å². The third-order valence-corrected chi connectivity index (χ3v) is 7.25. The molecule has 1 aliphatic carbocycles. The first-order chi connectivity index (χ1) is 16.9. The van der Waals surface area contributed by atoms with Gasteiger partial charge in [-0.1, -0.05) is 30.5 Å². The van der Waals surface area contributed by atoms with Crippen LogP contribution < -0.4 is 20.3 Å². The van der Waals surface area contributed by atoms with Gasteiger partial charge < -0.3 is 24.7 Å². The number of H-pyrrole nitrogens is 1. The third kappa shape index (κ3) is 5.78. The highest BCUT2D eigenvalue weighted by atomic mass is 32.1. The van der Waals surface area contributed by atoms with Gasteiger partial charge in [0.15, 0.2) is 16.6 Å². The number of thiocarbonyl (C=S) groups is 1. The van der Waals surface area contributed by atoms with E-state index in [2.05, 4.69) is 34.3 Å². The van der Waals surface area contributed by atoms with Crippen molar-refractivity contribution in [1.82, 2.24) is 15.2 Å². The van der Waals surface area contributed by atoms with Crippen LogP contribution in [0.15, 0.2) is 41.2 Å². The topological polar surface area (TPSA) is 66.6 Å². The van der Waals surface area contributed by atoms with E-state index in [1.165, 1.54) is 18.4 Å². The van der Waals surface area contributed by atoms with Crippen molar-refractivity contribution < 1.29 is 9.47 Å². The molecule has 1 saturated carbocycles. The van der Waals surface area contributed by atoms with Gasteiger partial charge in [0, 0.05) is 18.2 Å². The summed E-state index contributed by atoms with van der Waals surface area (Å²) in [7, 11) is 3.28. The molecule has 1 fully saturated rings. The van der Waals surface area contributed by atoms with Gasteiger partial charge in [0.05, 0.1) is 26.3 Å². The maximum atomic E-state index is 13.0. The van der Waals surface area contributed by atoms with Crippen LogP contribution in [0.2, 0.25) is 0 Å². The molecule has 0 spiro atoms. The van der Waals surface area contributed by atoms with Crippen LogP contribution in [0.25, 0.3) is 10.9 Å². The van der Waals surface area contributed by atoms with Gasteiger partial charge in [-0.05, 0) is 86.1 Å². The maximum Gasteiger partial charge on any atom is 0.253 e. The number of aryl methyl sites for hydroxylation is 2. The fourth-order valence-corrected chi connectivity index (χ4v) is 5.38. The summed E-state index contributed by atoms with van der Waals surface area (Å²) in [4.78, 5) is 18.3. The van der Waals surface area contributed by atoms with Crippen molar-refractivity contribution in [1.29, 1.82) is 0 Å². The van der Waals surface area contributed by atoms with Crippen molar-refractivity contribution in [3.05, 3.63) is 69.0 Å². The van der Waals surface area contributed by atoms with Crippen molar-refractivity contribution in [3.8, 4) is 11.5 Å². The Morgan fingerprint density at radius 1 is 1.09 bits per heavy atom. The summed E-state index contributed by atoms with van der Waals surface area (Å²) in [6, 6.07) is 12.6. The highest BCUT2D eigenvalue weighted by molar-refractivity contribution is 7.80. The zero-order valence-electron chi connectivity index (χ0n) is 21.1. The number of rotatable bonds is 8. The molecule has 2 aromatic carbocycles. The smallest absolute Gasteiger partial charge is 0.253 e. The van der Waals surface area contributed by atoms with E-state index in [9.17, 15) is 4.79 Å². The largest absolute Gasteiger partial charge is 0.493 e. The van der Waals surface area contributed by atoms with Gasteiger partial charge in [0.1, 0.15) is 0 Å². The fraction of sp³-hybridized carbons (Fsp3) is 0.429. The predicted molar refractivity (Wildman–Crippen MR) is 146 cm³/mol. The van der Waals surface area contributed by atoms with Crippen molar-refractivity contribution in [2.45, 2.75) is 58.5 Å². The standard InChI is InChI=1S/C28H35N3O3S/c1-18-13-19(2)26-21(14-18)16-22(27(32)30-26)17-31(23-7-5-6-8-23)28(35)29-12-11-20-9-10-24(33-3)25(15-20)34-4/h9-10,13-16,23H,5-8,11-12,17H2,1-4H3,(H,29,35)(H,30,32). The van der Waals surface area contributed by atoms with Crippen molar-refractivity contribution in [3.63, 3.8) is 0 Å². The highest BCUT2D eigenvalue weighted by Crippen LogP contribution is 2.28. The number of ether oxygens (including phenoxy) is 2. The van der Waals surface area contributed by atoms with Gasteiger partial charge in [-0.25, -0.2) is 0 Å². The number of pyridine rings is 1. The van der Waals surface area contributed by atoms with Crippen LogP contribution in [0.1, 0.15) is 47.9 Å². The Bertz CT molecular complexity index is 1260. The predicted octanol–water partition coefficient (Wildman–Crippen LogP) is 5.02. The van der Waals surface area contributed by atoms with E-state index in [1.807, 2.05) is 31.2 Å². The molecule has 0 saturated heterocycles. The van der Waals surface area contributed by atoms with E-state index in [-0.39, 0.29) is 5.56 Å². The lowest BCUT2D eigenvalue weighted by atomic mass is 10.0. The van der Waals surface area contributed by atoms with Crippen LogP contribution in [0.4, 0.5) is 0 Å². The van der Waals surface area contributed by atoms with Crippen LogP contribution in [-0.2, 0) is 13.0 Å². The van der Waals surface area contributed by atoms with Gasteiger partial charge >= 0.3 is 0 Å². The SMILES string of the molecule is COc1ccc(CCNC(=S)N(Cc2cc3cc(C)cc(C)c3[nH]c2=O)C2CCCC2)cc1OC. The Balaban J connectivity index is 1.49. The Hall–Kier alpha value is -3.06. The molecular formula is C28H35N3O3S. The van der Waals surface area contributed by atoms with Gasteiger partial charge in [-0.15, -0.1) is 0 Å². The van der Waals surface area contributed by atoms with Crippen molar-refractivity contribution in [2.24, 2.45) is 0 Å². The molecule has 0 unspecified atom stereocenters. The highest BCUT2D eigenvalue weighted by Gasteiger charge is 2.25. The molecular weight excluding hydrogens is 458 g/mol. The van der Waals surface area contributed by atoms with Crippen LogP contribution >= 0.6 is 12.2 Å². The zero-order chi connectivity index (χ0) is 24.9. The molecule has 1 aromatic heterocycles. The summed E-state index contributed by atoms with van der Waals surface area (Å²) in [6.45, 7) is 5.32. The normalized spacial score (nSPS) is 13.7. The molecule has 0 aliphatic heterocycles. The van der Waals surface area contributed by atoms with E-state index in [4.69, 9.17) is 21.7 Å². The molecule has 0 radical (unpaired) electrons. The Morgan fingerprint density at radius 3 is 2.54 bits per heavy atom. The Labute approximate surface area is 212 Å². The first-order valence-electron chi connectivity index (χ1n) is 12.3. The number of hydrogen-bond acceptors (Lipinski definition) is 4. The van der Waals surface area contributed by atoms with Crippen molar-refractivity contribution >= 4 is 28.2 Å². The monoisotopic (exact) mass is 493 g/mol. The molecule has 0 amide bonds. The van der Waals surface area contributed by atoms with Crippen LogP contribution in [0.5, 0.6) is 11.5 Å². The molecule has 7 heteroatoms. The second kappa shape index (κ2) is 11.1. The molecule has 6 nitrogen and oxygen atoms in total. The number of aromatic nitrogens is 1. The zero-order valence-corrected chi connectivity index (χ0v) is 21.9. The lowest BCUT2D eigenvalue weighted by Gasteiger charge is -2.31. The Morgan fingerprint density at radius 2 is 1.83 bits per heavy atom. The van der Waals surface area contributed by atoms with Crippen LogP contribution in [0, 0.1) is 13.8 Å². The van der Waals surface area contributed by atoms with E-state index in [0.29, 0.717) is 24.2 Å². The third-order valence-electron chi connectivity index (χ3n) is 6.88. The van der Waals surface area contributed by atoms with Crippen LogP contribution in [0.3, 0.4) is 0 Å². The van der Waals surface area contributed by atoms with E-state index in [1.54, 1.807) is 14.2 Å². The number of nitrogens with zero attached hydrogens (tertiary/aromatic N) is 1. The summed E-state index contributed by atoms with van der Waals surface area (Å²) < 4.78 is 10.8. The van der Waals surface area contributed by atoms with Gasteiger partial charge in [0.25, 0.3) is 5.56 Å². The quantitative estimate of drug-likeness (QED) is 0.430. The first kappa shape index (κ1) is 25.0. The first-order valence-corrected chi connectivity index (χ1v) is 12.7. The minimum Gasteiger partial charge on any atom is -0.493 e. The molecule has 4 rings (SSSR count). The summed E-state index contributed by atoms with van der Waals surface area (Å²) in [5.41, 5.74) is 5.03. The van der Waals surface area contributed by atoms with E-state index in [0.717, 1.165) is 58.4 Å². The summed E-state index contributed by atoms with van der Waals surface area (Å²) >= 11 is 5.85. The molecule has 1 aliphatic rings. The van der Waals surface area contributed by atoms with Crippen LogP contribution in [-0.4, -0.2) is 41.8 Å². The van der Waals surface area contributed by atoms with E-state index >= 15 is 0 Å². The molecule has 0 bridgehead atoms. The van der Waals surface area contributed by atoms with Gasteiger partial charge in [-0.2, -0.15) is 0 Å². The lowest BCUT2D eigenvalue weighted by molar-refractivity contribution is 0.302. The second-order valence-corrected chi connectivity index (χ2v) is 9.79. The minimum absolute atomic E-state index is 0.0411. The molecule has 3 aromatic rings. The molecule has 1 heterocycles. The number of methoxy groups -OCH3 is 2. The molecule has 2 N–H and O–H groups in total. The maximum absolute atomic E-state index is 13.0. The summed E-state index contributed by atoms with van der Waals surface area (Å²) in [5.74, 6) is 1.44. The summed E-state index contributed by atoms with van der Waals surface area (Å²) in [6.07, 6.45) is 5.39. The molecule has 186 valence electrons. The minimum atomic E-state index is -0.0411. The average molecular weight is 494 g/mol. The Kier molecular flexibility index (Phi) is 7.96. The second-order valence-electron chi connectivity index (χ2n) is 9.41. The van der Waals surface area contributed by atoms with E-state index < -0.39 is 0 Å². The molecule has 0 atom stereocenters. The van der Waals surface area contributed by atoms with Gasteiger partial charge in [-0.3, -0.25) is 4.79 Å². The average Bonchev–Trinajstić information content (AvgIpc) is 3.37. The lowest BCUT2D eigenvalue weighted by Crippen LogP contribution is -2.45. The number of hydrogen-bond donors (Lipinski definition) is 2. The summed E-state index contributed by atoms with van der Waals surface area (Å²) in [5, 5.41) is 5.21. The number of nitrogens with one attached hydrogen (secondary N) is 2. The number of benzene rings is 2. The fourth-order valence-electron chi connectivity index (χ4n) is 5.07. The number of aromatic amines is 1.